The lowest BCUT2D eigenvalue weighted by molar-refractivity contribution is -0.133. The number of carbonyl (C=O) groups is 1. The van der Waals surface area contributed by atoms with Crippen molar-refractivity contribution in [2.45, 2.75) is 26.4 Å². The Balaban J connectivity index is 1.39. The van der Waals surface area contributed by atoms with Crippen molar-refractivity contribution in [1.29, 1.82) is 0 Å². The van der Waals surface area contributed by atoms with Crippen LogP contribution in [0.1, 0.15) is 22.3 Å². The Morgan fingerprint density at radius 3 is 2.74 bits per heavy atom. The van der Waals surface area contributed by atoms with Gasteiger partial charge in [0.25, 0.3) is 0 Å². The number of aromatic nitrogens is 1. The van der Waals surface area contributed by atoms with Crippen LogP contribution in [0, 0.1) is 6.92 Å². The fourth-order valence-electron chi connectivity index (χ4n) is 4.57. The van der Waals surface area contributed by atoms with Gasteiger partial charge in [0.2, 0.25) is 5.91 Å². The maximum Gasteiger partial charge on any atom is 0.242 e. The zero-order chi connectivity index (χ0) is 23.3. The van der Waals surface area contributed by atoms with Gasteiger partial charge in [-0.15, -0.1) is 0 Å². The minimum Gasteiger partial charge on any atom is -0.491 e. The zero-order valence-corrected chi connectivity index (χ0v) is 19.6. The number of nitrogens with zero attached hydrogens (tertiary/aromatic N) is 2. The summed E-state index contributed by atoms with van der Waals surface area (Å²) in [6.45, 7) is 4.96. The first-order valence-electron chi connectivity index (χ1n) is 11.9. The van der Waals surface area contributed by atoms with Gasteiger partial charge in [-0.25, -0.2) is 0 Å². The summed E-state index contributed by atoms with van der Waals surface area (Å²) < 4.78 is 13.9. The Morgan fingerprint density at radius 2 is 1.79 bits per heavy atom. The molecule has 5 rings (SSSR count). The molecule has 174 valence electrons. The molecule has 0 aliphatic carbocycles. The maximum atomic E-state index is 13.4. The molecule has 2 heterocycles. The van der Waals surface area contributed by atoms with Crippen LogP contribution in [0.25, 0.3) is 10.9 Å². The van der Waals surface area contributed by atoms with Crippen molar-refractivity contribution in [1.82, 2.24) is 9.47 Å². The van der Waals surface area contributed by atoms with Crippen LogP contribution in [0.3, 0.4) is 0 Å². The first-order valence-corrected chi connectivity index (χ1v) is 11.9. The number of rotatable bonds is 2. The van der Waals surface area contributed by atoms with Gasteiger partial charge >= 0.3 is 0 Å². The number of fused-ring (bicyclic) bond motifs is 4. The quantitative estimate of drug-likeness (QED) is 0.429. The molecule has 0 unspecified atom stereocenters. The highest BCUT2D eigenvalue weighted by Gasteiger charge is 2.17. The van der Waals surface area contributed by atoms with E-state index in [1.54, 1.807) is 0 Å². The molecule has 0 fully saturated rings. The van der Waals surface area contributed by atoms with E-state index >= 15 is 0 Å². The van der Waals surface area contributed by atoms with E-state index in [2.05, 4.69) is 61.5 Å². The van der Waals surface area contributed by atoms with Crippen molar-refractivity contribution in [3.05, 3.63) is 101 Å². The second-order valence-electron chi connectivity index (χ2n) is 8.89. The summed E-state index contributed by atoms with van der Waals surface area (Å²) in [6, 6.07) is 25.0. The Hall–Kier alpha value is -3.57. The van der Waals surface area contributed by atoms with Gasteiger partial charge in [-0.05, 0) is 47.2 Å². The predicted octanol–water partition coefficient (Wildman–Crippen LogP) is 4.98. The van der Waals surface area contributed by atoms with Crippen LogP contribution in [0.2, 0.25) is 0 Å². The Morgan fingerprint density at radius 1 is 0.912 bits per heavy atom. The smallest absolute Gasteiger partial charge is 0.242 e. The van der Waals surface area contributed by atoms with E-state index in [0.717, 1.165) is 28.6 Å². The second-order valence-corrected chi connectivity index (χ2v) is 8.89. The van der Waals surface area contributed by atoms with Crippen LogP contribution < -0.4 is 4.74 Å². The zero-order valence-electron chi connectivity index (χ0n) is 19.6. The topological polar surface area (TPSA) is 43.7 Å². The lowest BCUT2D eigenvalue weighted by Crippen LogP contribution is -2.36. The van der Waals surface area contributed by atoms with E-state index in [0.29, 0.717) is 39.5 Å². The highest BCUT2D eigenvalue weighted by Crippen LogP contribution is 2.24. The van der Waals surface area contributed by atoms with Gasteiger partial charge in [-0.1, -0.05) is 60.2 Å². The number of hydrogen-bond acceptors (Lipinski definition) is 3. The standard InChI is InChI=1S/C29H30N2O3/c1-22-9-10-28-26(17-22)19-23-5-4-6-24(18-23)20-31(13-14-33-15-16-34-28)29(32)21-30-12-11-25-7-2-3-8-27(25)30/h2-12,17-18H,13-16,19-21H2,1H3. The third-order valence-electron chi connectivity index (χ3n) is 6.30. The molecule has 2 bridgehead atoms. The molecule has 0 radical (unpaired) electrons. The number of carbonyl (C=O) groups excluding carboxylic acids is 1. The van der Waals surface area contributed by atoms with Crippen LogP contribution in [-0.2, 0) is 29.0 Å². The minimum absolute atomic E-state index is 0.0830. The number of ether oxygens (including phenoxy) is 2. The van der Waals surface area contributed by atoms with Gasteiger partial charge in [-0.3, -0.25) is 4.79 Å². The summed E-state index contributed by atoms with van der Waals surface area (Å²) in [6.07, 6.45) is 2.77. The number of para-hydroxylation sites is 1. The molecule has 1 aliphatic rings. The Bertz CT molecular complexity index is 1290. The molecule has 1 aliphatic heterocycles. The van der Waals surface area contributed by atoms with Gasteiger partial charge in [0, 0.05) is 31.2 Å². The third kappa shape index (κ3) is 5.15. The molecule has 1 aromatic heterocycles. The molecular formula is C29H30N2O3. The largest absolute Gasteiger partial charge is 0.491 e. The van der Waals surface area contributed by atoms with E-state index in [9.17, 15) is 4.79 Å². The number of hydrogen-bond donors (Lipinski definition) is 0. The summed E-state index contributed by atoms with van der Waals surface area (Å²) in [5.41, 5.74) is 5.79. The summed E-state index contributed by atoms with van der Waals surface area (Å²) >= 11 is 0. The molecule has 0 saturated heterocycles. The fourth-order valence-corrected chi connectivity index (χ4v) is 4.57. The summed E-state index contributed by atoms with van der Waals surface area (Å²) in [5, 5.41) is 1.14. The SMILES string of the molecule is Cc1ccc2c(c1)Cc1cccc(c1)CN(C(=O)Cn1ccc3ccccc31)CCOCCO2. The molecule has 5 nitrogen and oxygen atoms in total. The van der Waals surface area contributed by atoms with Crippen LogP contribution in [0.4, 0.5) is 0 Å². The van der Waals surface area contributed by atoms with Crippen LogP contribution in [0.15, 0.2) is 79.0 Å². The monoisotopic (exact) mass is 454 g/mol. The van der Waals surface area contributed by atoms with Crippen molar-refractivity contribution in [2.75, 3.05) is 26.4 Å². The van der Waals surface area contributed by atoms with Gasteiger partial charge in [0.15, 0.2) is 0 Å². The highest BCUT2D eigenvalue weighted by molar-refractivity contribution is 5.83. The summed E-state index contributed by atoms with van der Waals surface area (Å²) in [7, 11) is 0. The molecule has 4 aromatic rings. The summed E-state index contributed by atoms with van der Waals surface area (Å²) in [5.74, 6) is 0.993. The lowest BCUT2D eigenvalue weighted by Gasteiger charge is -2.24. The van der Waals surface area contributed by atoms with Crippen LogP contribution >= 0.6 is 0 Å². The Labute approximate surface area is 200 Å². The second kappa shape index (κ2) is 10.1. The van der Waals surface area contributed by atoms with Crippen molar-refractivity contribution in [3.63, 3.8) is 0 Å². The third-order valence-corrected chi connectivity index (χ3v) is 6.30. The minimum atomic E-state index is 0.0830. The molecule has 1 amide bonds. The molecule has 34 heavy (non-hydrogen) atoms. The van der Waals surface area contributed by atoms with E-state index in [1.807, 2.05) is 33.9 Å². The number of amides is 1. The van der Waals surface area contributed by atoms with Gasteiger partial charge in [0.1, 0.15) is 18.9 Å². The molecule has 5 heteroatoms. The maximum absolute atomic E-state index is 13.4. The average molecular weight is 455 g/mol. The van der Waals surface area contributed by atoms with E-state index < -0.39 is 0 Å². The normalized spacial score (nSPS) is 14.8. The molecule has 0 N–H and O–H groups in total. The number of benzene rings is 3. The van der Waals surface area contributed by atoms with Crippen molar-refractivity contribution >= 4 is 16.8 Å². The van der Waals surface area contributed by atoms with Crippen LogP contribution in [0.5, 0.6) is 5.75 Å². The first kappa shape index (κ1) is 22.2. The lowest BCUT2D eigenvalue weighted by atomic mass is 10.0. The Kier molecular flexibility index (Phi) is 6.63. The van der Waals surface area contributed by atoms with Crippen molar-refractivity contribution in [3.8, 4) is 5.75 Å². The van der Waals surface area contributed by atoms with Crippen molar-refractivity contribution < 1.29 is 14.3 Å². The van der Waals surface area contributed by atoms with Crippen LogP contribution in [-0.4, -0.2) is 41.7 Å². The average Bonchev–Trinajstić information content (AvgIpc) is 3.24. The highest BCUT2D eigenvalue weighted by atomic mass is 16.5. The summed E-state index contributed by atoms with van der Waals surface area (Å²) in [4.78, 5) is 15.3. The molecule has 3 aromatic carbocycles. The molecule has 0 spiro atoms. The predicted molar refractivity (Wildman–Crippen MR) is 134 cm³/mol. The van der Waals surface area contributed by atoms with Gasteiger partial charge in [-0.2, -0.15) is 0 Å². The first-order chi connectivity index (χ1) is 16.7. The fraction of sp³-hybridized carbons (Fsp3) is 0.276. The molecule has 0 atom stereocenters. The van der Waals surface area contributed by atoms with Gasteiger partial charge in [0.05, 0.1) is 13.2 Å². The molecular weight excluding hydrogens is 424 g/mol. The van der Waals surface area contributed by atoms with E-state index in [4.69, 9.17) is 9.47 Å². The van der Waals surface area contributed by atoms with Crippen molar-refractivity contribution in [2.24, 2.45) is 0 Å². The number of aryl methyl sites for hydroxylation is 1. The molecule has 0 saturated carbocycles. The van der Waals surface area contributed by atoms with E-state index in [-0.39, 0.29) is 5.91 Å². The van der Waals surface area contributed by atoms with E-state index in [1.165, 1.54) is 16.7 Å². The van der Waals surface area contributed by atoms with Gasteiger partial charge < -0.3 is 18.9 Å².